The lowest BCUT2D eigenvalue weighted by Crippen LogP contribution is -2.07. The average molecular weight is 72.1 g/mol. The number of hydrogen-bond donors (Lipinski definition) is 0. The van der Waals surface area contributed by atoms with Crippen molar-refractivity contribution >= 4 is 5.78 Å². The molecule has 1 aliphatic rings. The minimum Gasteiger partial charge on any atom is -0.300 e. The maximum Gasteiger partial charge on any atom is 0.132 e. The number of Topliss-reactive ketones (excluding diaryl/α,β-unsaturated/α-hetero) is 1. The summed E-state index contributed by atoms with van der Waals surface area (Å²) >= 11 is 0. The molecule has 1 aliphatic carbocycles. The van der Waals surface area contributed by atoms with Crippen LogP contribution >= 0.6 is 0 Å². The first-order chi connectivity index (χ1) is 3.13. The Morgan fingerprint density at radius 3 is 2.60 bits per heavy atom. The molecule has 0 bridgehead atoms. The zero-order valence-corrected chi connectivity index (χ0v) is 2.82. The van der Waals surface area contributed by atoms with E-state index in [0.29, 0.717) is 12.8 Å². The van der Waals surface area contributed by atoms with Gasteiger partial charge in [-0.25, -0.2) is 0 Å². The van der Waals surface area contributed by atoms with Crippen molar-refractivity contribution in [3.05, 3.63) is 0 Å². The molecule has 5 heavy (non-hydrogen) atoms. The first-order valence-corrected chi connectivity index (χ1v) is 1.66. The van der Waals surface area contributed by atoms with Crippen LogP contribution in [0.3, 0.4) is 0 Å². The highest BCUT2D eigenvalue weighted by Gasteiger charge is 2.09. The Kier molecular flexibility index (Phi) is 0.230. The lowest BCUT2D eigenvalue weighted by molar-refractivity contribution is -0.123. The topological polar surface area (TPSA) is 17.1 Å². The number of hydrogen-bond acceptors (Lipinski definition) is 1. The van der Waals surface area contributed by atoms with Crippen LogP contribution in [0.5, 0.6) is 0 Å². The van der Waals surface area contributed by atoms with Crippen molar-refractivity contribution in [2.75, 3.05) is 0 Å². The van der Waals surface area contributed by atoms with E-state index >= 15 is 0 Å². The molecule has 0 aromatic rings. The number of ketones is 1. The molecule has 28 valence electrons. The van der Waals surface area contributed by atoms with Gasteiger partial charge < -0.3 is 0 Å². The quantitative estimate of drug-likeness (QED) is 0.412. The molecular weight excluding hydrogens is 64.0 g/mol. The summed E-state index contributed by atoms with van der Waals surface area (Å²) in [5.41, 5.74) is 0. The maximum absolute atomic E-state index is 10.2. The fourth-order valence-corrected chi connectivity index (χ4v) is 0.227. The molecule has 1 heteroatoms. The van der Waals surface area contributed by atoms with Gasteiger partial charge in [-0.15, -0.1) is 0 Å². The van der Waals surface area contributed by atoms with Gasteiger partial charge in [-0.2, -0.15) is 0 Å². The van der Waals surface area contributed by atoms with Crippen molar-refractivity contribution in [3.63, 3.8) is 0 Å². The second-order valence-corrected chi connectivity index (χ2v) is 1.10. The molecular formula is C4H6O. The molecule has 0 saturated heterocycles. The first-order valence-electron chi connectivity index (χ1n) is 2.66. The van der Waals surface area contributed by atoms with Crippen molar-refractivity contribution in [1.29, 1.82) is 0 Å². The number of rotatable bonds is 0. The lowest BCUT2D eigenvalue weighted by Gasteiger charge is -2.05. The predicted octanol–water partition coefficient (Wildman–Crippen LogP) is 0.739. The third-order valence-corrected chi connectivity index (χ3v) is 0.674. The first kappa shape index (κ1) is 1.41. The maximum atomic E-state index is 10.2. The van der Waals surface area contributed by atoms with E-state index in [1.165, 1.54) is 0 Å². The van der Waals surface area contributed by atoms with Gasteiger partial charge in [0.1, 0.15) is 5.78 Å². The molecule has 1 saturated carbocycles. The molecule has 1 nitrogen and oxygen atoms in total. The molecule has 1 fully saturated rings. The summed E-state index contributed by atoms with van der Waals surface area (Å²) < 4.78 is 13.6. The smallest absolute Gasteiger partial charge is 0.132 e. The highest BCUT2D eigenvalue weighted by Crippen LogP contribution is 2.10. The van der Waals surface area contributed by atoms with Gasteiger partial charge in [0, 0.05) is 15.5 Å². The minimum absolute atomic E-state index is 0.243. The predicted molar refractivity (Wildman–Crippen MR) is 18.9 cm³/mol. The molecule has 0 radical (unpaired) electrons. The molecule has 1 rings (SSSR count). The number of carbonyl (C=O) groups excluding carboxylic acids is 1. The Labute approximate surface area is 33.8 Å². The zero-order valence-electron chi connectivity index (χ0n) is 4.82. The normalized spacial score (nSPS) is 38.0. The highest BCUT2D eigenvalue weighted by molar-refractivity contribution is 5.83. The standard InChI is InChI=1S/C4H6O/c5-4-2-1-3-4/h1-3H2/i2D2. The largest absolute Gasteiger partial charge is 0.300 e. The van der Waals surface area contributed by atoms with Gasteiger partial charge in [-0.05, 0) is 6.42 Å². The van der Waals surface area contributed by atoms with Gasteiger partial charge in [0.2, 0.25) is 0 Å². The van der Waals surface area contributed by atoms with Crippen molar-refractivity contribution in [3.8, 4) is 0 Å². The van der Waals surface area contributed by atoms with Crippen LogP contribution in [0.25, 0.3) is 0 Å². The van der Waals surface area contributed by atoms with Gasteiger partial charge in [0.05, 0.1) is 0 Å². The highest BCUT2D eigenvalue weighted by atomic mass is 16.1. The summed E-state index contributed by atoms with van der Waals surface area (Å²) in [6.45, 7) is 0. The van der Waals surface area contributed by atoms with Crippen molar-refractivity contribution in [2.24, 2.45) is 0 Å². The van der Waals surface area contributed by atoms with Gasteiger partial charge in [0.25, 0.3) is 0 Å². The van der Waals surface area contributed by atoms with Crippen LogP contribution in [0.15, 0.2) is 0 Å². The van der Waals surface area contributed by atoms with E-state index < -0.39 is 6.37 Å². The van der Waals surface area contributed by atoms with E-state index in [4.69, 9.17) is 2.74 Å². The van der Waals surface area contributed by atoms with Crippen molar-refractivity contribution < 1.29 is 7.54 Å². The minimum atomic E-state index is -1.46. The Morgan fingerprint density at radius 1 is 2.00 bits per heavy atom. The summed E-state index contributed by atoms with van der Waals surface area (Å²) in [4.78, 5) is 10.2. The van der Waals surface area contributed by atoms with Crippen molar-refractivity contribution in [1.82, 2.24) is 0 Å². The van der Waals surface area contributed by atoms with Crippen LogP contribution in [-0.4, -0.2) is 5.78 Å². The third kappa shape index (κ3) is 0.318. The van der Waals surface area contributed by atoms with Crippen LogP contribution in [0.4, 0.5) is 0 Å². The van der Waals surface area contributed by atoms with Gasteiger partial charge in [0.15, 0.2) is 0 Å². The monoisotopic (exact) mass is 72.1 g/mol. The van der Waals surface area contributed by atoms with E-state index in [2.05, 4.69) is 0 Å². The van der Waals surface area contributed by atoms with Gasteiger partial charge in [-0.3, -0.25) is 4.79 Å². The molecule has 0 N–H and O–H groups in total. The van der Waals surface area contributed by atoms with Crippen LogP contribution in [0.1, 0.15) is 22.0 Å². The van der Waals surface area contributed by atoms with Crippen LogP contribution in [-0.2, 0) is 4.79 Å². The second kappa shape index (κ2) is 0.814. The summed E-state index contributed by atoms with van der Waals surface area (Å²) in [5, 5.41) is 0. The van der Waals surface area contributed by atoms with Crippen LogP contribution < -0.4 is 0 Å². The molecule has 0 aliphatic heterocycles. The average Bonchev–Trinajstić information content (AvgIpc) is 1.63. The van der Waals surface area contributed by atoms with E-state index in [-0.39, 0.29) is 5.78 Å². The Hall–Kier alpha value is -0.330. The summed E-state index contributed by atoms with van der Waals surface area (Å²) in [6, 6.07) is 0. The lowest BCUT2D eigenvalue weighted by atomic mass is 9.99. The van der Waals surface area contributed by atoms with E-state index in [1.54, 1.807) is 0 Å². The van der Waals surface area contributed by atoms with Crippen LogP contribution in [0.2, 0.25) is 0 Å². The second-order valence-electron chi connectivity index (χ2n) is 1.10. The summed E-state index contributed by atoms with van der Waals surface area (Å²) in [7, 11) is 0. The fraction of sp³-hybridized carbons (Fsp3) is 0.750. The molecule has 0 aromatic carbocycles. The van der Waals surface area contributed by atoms with Gasteiger partial charge in [-0.1, -0.05) is 0 Å². The molecule has 0 aromatic heterocycles. The van der Waals surface area contributed by atoms with E-state index in [1.807, 2.05) is 0 Å². The summed E-state index contributed by atoms with van der Waals surface area (Å²) in [5.74, 6) is -0.243. The van der Waals surface area contributed by atoms with E-state index in [0.717, 1.165) is 0 Å². The molecule has 0 atom stereocenters. The Balaban J connectivity index is 2.59. The molecule has 0 heterocycles. The molecule has 0 unspecified atom stereocenters. The Morgan fingerprint density at radius 2 is 2.60 bits per heavy atom. The number of carbonyl (C=O) groups is 1. The third-order valence-electron chi connectivity index (χ3n) is 0.674. The fourth-order valence-electron chi connectivity index (χ4n) is 0.227. The summed E-state index contributed by atoms with van der Waals surface area (Å²) in [6.07, 6.45) is -0.598. The van der Waals surface area contributed by atoms with E-state index in [9.17, 15) is 4.79 Å². The van der Waals surface area contributed by atoms with Crippen molar-refractivity contribution in [2.45, 2.75) is 19.2 Å². The Bertz CT molecular complexity index is 108. The zero-order chi connectivity index (χ0) is 5.49. The van der Waals surface area contributed by atoms with Crippen LogP contribution in [0, 0.1) is 0 Å². The molecule has 0 amide bonds. The SMILES string of the molecule is [2H]C1([2H])CCC1=O. The van der Waals surface area contributed by atoms with Gasteiger partial charge >= 0.3 is 0 Å². The molecule has 0 spiro atoms.